The van der Waals surface area contributed by atoms with Crippen LogP contribution in [0.15, 0.2) is 42.5 Å². The molecule has 0 amide bonds. The fourth-order valence-corrected chi connectivity index (χ4v) is 4.81. The number of hydrogen-bond donors (Lipinski definition) is 1. The van der Waals surface area contributed by atoms with Crippen molar-refractivity contribution in [1.29, 1.82) is 0 Å². The molecule has 9 heteroatoms. The summed E-state index contributed by atoms with van der Waals surface area (Å²) in [6.45, 7) is 4.17. The van der Waals surface area contributed by atoms with Gasteiger partial charge in [-0.05, 0) is 72.7 Å². The lowest BCUT2D eigenvalue weighted by Crippen LogP contribution is -2.39. The highest BCUT2D eigenvalue weighted by Crippen LogP contribution is 2.40. The highest BCUT2D eigenvalue weighted by molar-refractivity contribution is 5.69. The molecule has 192 valence electrons. The van der Waals surface area contributed by atoms with Crippen LogP contribution >= 0.6 is 0 Å². The second-order valence-corrected chi connectivity index (χ2v) is 9.25. The van der Waals surface area contributed by atoms with E-state index in [0.717, 1.165) is 36.2 Å². The molecule has 0 saturated carbocycles. The van der Waals surface area contributed by atoms with Gasteiger partial charge in [-0.25, -0.2) is 0 Å². The van der Waals surface area contributed by atoms with E-state index >= 15 is 0 Å². The lowest BCUT2D eigenvalue weighted by molar-refractivity contribution is -0.144. The van der Waals surface area contributed by atoms with Gasteiger partial charge >= 0.3 is 18.3 Å². The zero-order valence-corrected chi connectivity index (χ0v) is 19.6. The fourth-order valence-electron chi connectivity index (χ4n) is 4.81. The molecule has 3 rings (SSSR count). The molecule has 0 aliphatic carbocycles. The molecule has 1 N–H and O–H groups in total. The van der Waals surface area contributed by atoms with E-state index in [-0.39, 0.29) is 12.5 Å². The maximum Gasteiger partial charge on any atom is 0.416 e. The van der Waals surface area contributed by atoms with E-state index in [1.165, 1.54) is 18.2 Å². The topological polar surface area (TPSA) is 40.5 Å². The van der Waals surface area contributed by atoms with Gasteiger partial charge in [0.1, 0.15) is 0 Å². The third kappa shape index (κ3) is 6.57. The minimum Gasteiger partial charge on any atom is -0.481 e. The molecule has 1 saturated heterocycles. The van der Waals surface area contributed by atoms with Crippen LogP contribution in [0.1, 0.15) is 67.0 Å². The van der Waals surface area contributed by atoms with E-state index in [4.69, 9.17) is 0 Å². The molecule has 3 atom stereocenters. The molecular formula is C26H29F6NO2. The monoisotopic (exact) mass is 501 g/mol. The Morgan fingerprint density at radius 3 is 2.14 bits per heavy atom. The number of carboxylic acids is 1. The predicted octanol–water partition coefficient (Wildman–Crippen LogP) is 7.35. The number of rotatable bonds is 7. The summed E-state index contributed by atoms with van der Waals surface area (Å²) in [5.74, 6) is -1.79. The zero-order chi connectivity index (χ0) is 26.0. The summed E-state index contributed by atoms with van der Waals surface area (Å²) in [5.41, 5.74) is 0.385. The van der Waals surface area contributed by atoms with Crippen LogP contribution in [-0.2, 0) is 30.1 Å². The van der Waals surface area contributed by atoms with Crippen molar-refractivity contribution in [1.82, 2.24) is 4.90 Å². The van der Waals surface area contributed by atoms with Gasteiger partial charge in [-0.2, -0.15) is 26.3 Å². The van der Waals surface area contributed by atoms with Crippen LogP contribution in [0.25, 0.3) is 0 Å². The van der Waals surface area contributed by atoms with Gasteiger partial charge in [0.05, 0.1) is 17.0 Å². The van der Waals surface area contributed by atoms with Gasteiger partial charge in [-0.3, -0.25) is 9.69 Å². The van der Waals surface area contributed by atoms with Gasteiger partial charge in [-0.15, -0.1) is 0 Å². The SMILES string of the molecule is CCCc1ccc(C(F)(F)F)cc1CN1CC[C@H](C(C)C(=O)O)C[C@@H]1c1ccc(C(F)(F)F)cc1. The second kappa shape index (κ2) is 10.6. The van der Waals surface area contributed by atoms with Crippen molar-refractivity contribution in [2.75, 3.05) is 6.54 Å². The standard InChI is InChI=1S/C26H29F6NO2/c1-3-4-17-5-10-22(26(30,31)32)13-20(17)15-33-12-11-19(16(2)24(34)35)14-23(33)18-6-8-21(9-7-18)25(27,28)29/h5-10,13,16,19,23H,3-4,11-12,14-15H2,1-2H3,(H,34,35)/t16?,19-,23+/m0/s1. The van der Waals surface area contributed by atoms with Crippen molar-refractivity contribution in [3.8, 4) is 0 Å². The van der Waals surface area contributed by atoms with Gasteiger partial charge in [-0.1, -0.05) is 38.5 Å². The molecule has 0 bridgehead atoms. The van der Waals surface area contributed by atoms with Crippen LogP contribution < -0.4 is 0 Å². The first-order chi connectivity index (χ1) is 16.3. The molecule has 0 spiro atoms. The molecule has 1 heterocycles. The number of carbonyl (C=O) groups is 1. The molecule has 2 aromatic rings. The molecule has 0 aromatic heterocycles. The highest BCUT2D eigenvalue weighted by Gasteiger charge is 2.37. The summed E-state index contributed by atoms with van der Waals surface area (Å²) in [7, 11) is 0. The lowest BCUT2D eigenvalue weighted by atomic mass is 9.79. The number of benzene rings is 2. The first-order valence-electron chi connectivity index (χ1n) is 11.6. The van der Waals surface area contributed by atoms with E-state index in [9.17, 15) is 36.2 Å². The third-order valence-electron chi connectivity index (χ3n) is 6.90. The molecule has 3 nitrogen and oxygen atoms in total. The Bertz CT molecular complexity index is 1020. The Morgan fingerprint density at radius 1 is 1.00 bits per heavy atom. The van der Waals surface area contributed by atoms with Crippen LogP contribution in [0.4, 0.5) is 26.3 Å². The number of aliphatic carboxylic acids is 1. The molecule has 1 aliphatic heterocycles. The Hall–Kier alpha value is -2.55. The average Bonchev–Trinajstić information content (AvgIpc) is 2.79. The highest BCUT2D eigenvalue weighted by atomic mass is 19.4. The van der Waals surface area contributed by atoms with Crippen LogP contribution in [0, 0.1) is 11.8 Å². The number of nitrogens with zero attached hydrogens (tertiary/aromatic N) is 1. The molecule has 1 aliphatic rings. The minimum atomic E-state index is -4.49. The Labute approximate surface area is 200 Å². The van der Waals surface area contributed by atoms with Crippen LogP contribution in [0.3, 0.4) is 0 Å². The summed E-state index contributed by atoms with van der Waals surface area (Å²) in [6.07, 6.45) is -6.70. The fraction of sp³-hybridized carbons (Fsp3) is 0.500. The van der Waals surface area contributed by atoms with Crippen molar-refractivity contribution in [2.45, 2.75) is 64.5 Å². The molecular weight excluding hydrogens is 472 g/mol. The molecule has 1 unspecified atom stereocenters. The van der Waals surface area contributed by atoms with Gasteiger partial charge in [0.2, 0.25) is 0 Å². The molecule has 35 heavy (non-hydrogen) atoms. The van der Waals surface area contributed by atoms with E-state index in [0.29, 0.717) is 36.9 Å². The third-order valence-corrected chi connectivity index (χ3v) is 6.90. The summed E-state index contributed by atoms with van der Waals surface area (Å²) in [5, 5.41) is 9.48. The van der Waals surface area contributed by atoms with E-state index < -0.39 is 41.4 Å². The number of alkyl halides is 6. The smallest absolute Gasteiger partial charge is 0.416 e. The number of carboxylic acid groups (broad SMARTS) is 1. The maximum absolute atomic E-state index is 13.4. The van der Waals surface area contributed by atoms with Gasteiger partial charge in [0.25, 0.3) is 0 Å². The quantitative estimate of drug-likeness (QED) is 0.403. The van der Waals surface area contributed by atoms with E-state index in [1.807, 2.05) is 11.8 Å². The van der Waals surface area contributed by atoms with E-state index in [2.05, 4.69) is 0 Å². The van der Waals surface area contributed by atoms with Crippen molar-refractivity contribution in [2.24, 2.45) is 11.8 Å². The van der Waals surface area contributed by atoms with E-state index in [1.54, 1.807) is 6.92 Å². The van der Waals surface area contributed by atoms with Crippen molar-refractivity contribution in [3.05, 3.63) is 70.3 Å². The zero-order valence-electron chi connectivity index (χ0n) is 19.6. The normalized spacial score (nSPS) is 20.6. The molecule has 0 radical (unpaired) electrons. The molecule has 1 fully saturated rings. The average molecular weight is 502 g/mol. The van der Waals surface area contributed by atoms with Crippen LogP contribution in [0.2, 0.25) is 0 Å². The lowest BCUT2D eigenvalue weighted by Gasteiger charge is -2.41. The first-order valence-corrected chi connectivity index (χ1v) is 11.6. The Kier molecular flexibility index (Phi) is 8.19. The Balaban J connectivity index is 1.97. The van der Waals surface area contributed by atoms with Gasteiger partial charge < -0.3 is 5.11 Å². The number of aryl methyl sites for hydroxylation is 1. The number of hydrogen-bond acceptors (Lipinski definition) is 2. The second-order valence-electron chi connectivity index (χ2n) is 9.25. The van der Waals surface area contributed by atoms with Gasteiger partial charge in [0.15, 0.2) is 0 Å². The van der Waals surface area contributed by atoms with Crippen LogP contribution in [-0.4, -0.2) is 22.5 Å². The summed E-state index contributed by atoms with van der Waals surface area (Å²) >= 11 is 0. The maximum atomic E-state index is 13.4. The minimum absolute atomic E-state index is 0.194. The number of halogens is 6. The number of piperidine rings is 1. The largest absolute Gasteiger partial charge is 0.481 e. The van der Waals surface area contributed by atoms with Gasteiger partial charge in [0, 0.05) is 12.6 Å². The van der Waals surface area contributed by atoms with Crippen molar-refractivity contribution in [3.63, 3.8) is 0 Å². The predicted molar refractivity (Wildman–Crippen MR) is 120 cm³/mol. The Morgan fingerprint density at radius 2 is 1.60 bits per heavy atom. The van der Waals surface area contributed by atoms with Crippen molar-refractivity contribution >= 4 is 5.97 Å². The summed E-state index contributed by atoms with van der Waals surface area (Å²) in [4.78, 5) is 13.5. The van der Waals surface area contributed by atoms with Crippen molar-refractivity contribution < 1.29 is 36.2 Å². The van der Waals surface area contributed by atoms with Crippen LogP contribution in [0.5, 0.6) is 0 Å². The molecule has 2 aromatic carbocycles. The summed E-state index contributed by atoms with van der Waals surface area (Å²) < 4.78 is 79.4. The summed E-state index contributed by atoms with van der Waals surface area (Å²) in [6, 6.07) is 8.05. The first kappa shape index (κ1) is 27.0. The number of likely N-dealkylation sites (tertiary alicyclic amines) is 1.